The summed E-state index contributed by atoms with van der Waals surface area (Å²) in [5.41, 5.74) is -1.13. The van der Waals surface area contributed by atoms with Gasteiger partial charge in [0.2, 0.25) is 0 Å². The van der Waals surface area contributed by atoms with Crippen molar-refractivity contribution < 1.29 is 38.0 Å². The van der Waals surface area contributed by atoms with E-state index in [1.54, 1.807) is 0 Å². The zero-order chi connectivity index (χ0) is 18.9. The van der Waals surface area contributed by atoms with Crippen molar-refractivity contribution in [1.29, 1.82) is 0 Å². The van der Waals surface area contributed by atoms with Crippen LogP contribution in [0, 0.1) is 4.77 Å². The van der Waals surface area contributed by atoms with Crippen molar-refractivity contribution in [2.24, 2.45) is 0 Å². The van der Waals surface area contributed by atoms with Gasteiger partial charge < -0.3 is 25.4 Å². The molecule has 13 heteroatoms. The minimum atomic E-state index is -5.11. The van der Waals surface area contributed by atoms with Gasteiger partial charge in [-0.1, -0.05) is 0 Å². The Morgan fingerprint density at radius 3 is 2.56 bits per heavy atom. The lowest BCUT2D eigenvalue weighted by Gasteiger charge is -2.19. The number of aliphatic hydroxyl groups excluding tert-OH is 3. The number of hydrogen-bond donors (Lipinski definition) is 5. The van der Waals surface area contributed by atoms with Crippen LogP contribution in [0.4, 0.5) is 13.2 Å². The highest BCUT2D eigenvalue weighted by atomic mass is 32.1. The third-order valence-electron chi connectivity index (χ3n) is 3.53. The fraction of sp³-hybridized carbons (Fsp3) is 0.583. The quantitative estimate of drug-likeness (QED) is 0.406. The Hall–Kier alpha value is -1.80. The van der Waals surface area contributed by atoms with Crippen molar-refractivity contribution in [2.45, 2.75) is 37.3 Å². The summed E-state index contributed by atoms with van der Waals surface area (Å²) in [7, 11) is 0. The van der Waals surface area contributed by atoms with Crippen LogP contribution in [0.1, 0.15) is 11.8 Å². The van der Waals surface area contributed by atoms with E-state index in [0.29, 0.717) is 0 Å². The molecule has 2 heterocycles. The number of nitrogens with zero attached hydrogens (tertiary/aromatic N) is 1. The molecule has 4 atom stereocenters. The molecule has 1 aromatic rings. The van der Waals surface area contributed by atoms with Crippen LogP contribution in [0.3, 0.4) is 0 Å². The van der Waals surface area contributed by atoms with Gasteiger partial charge in [0.25, 0.3) is 5.56 Å². The number of amides is 1. The van der Waals surface area contributed by atoms with E-state index in [2.05, 4.69) is 4.98 Å². The maximum Gasteiger partial charge on any atom is 0.471 e. The molecule has 1 fully saturated rings. The first-order valence-corrected chi connectivity index (χ1v) is 7.29. The van der Waals surface area contributed by atoms with Gasteiger partial charge in [0.15, 0.2) is 11.0 Å². The Morgan fingerprint density at radius 1 is 1.40 bits per heavy atom. The van der Waals surface area contributed by atoms with Crippen molar-refractivity contribution in [3.63, 3.8) is 0 Å². The van der Waals surface area contributed by atoms with E-state index in [1.807, 2.05) is 0 Å². The minimum Gasteiger partial charge on any atom is -0.394 e. The summed E-state index contributed by atoms with van der Waals surface area (Å²) < 4.78 is 42.6. The molecule has 0 aromatic carbocycles. The summed E-state index contributed by atoms with van der Waals surface area (Å²) in [5, 5.41) is 30.3. The molecular weight excluding hydrogens is 371 g/mol. The topological polar surface area (TPSA) is 137 Å². The fourth-order valence-corrected chi connectivity index (χ4v) is 2.48. The highest BCUT2D eigenvalue weighted by Crippen LogP contribution is 2.29. The van der Waals surface area contributed by atoms with E-state index in [4.69, 9.17) is 22.1 Å². The molecule has 0 saturated carbocycles. The Bertz CT molecular complexity index is 764. The number of rotatable bonds is 4. The molecule has 2 rings (SSSR count). The predicted octanol–water partition coefficient (Wildman–Crippen LogP) is -1.30. The van der Waals surface area contributed by atoms with E-state index in [9.17, 15) is 33.0 Å². The minimum absolute atomic E-state index is 0.231. The van der Waals surface area contributed by atoms with Gasteiger partial charge in [-0.05, 0) is 12.2 Å². The second-order valence-electron chi connectivity index (χ2n) is 5.23. The van der Waals surface area contributed by atoms with E-state index >= 15 is 0 Å². The second-order valence-corrected chi connectivity index (χ2v) is 5.62. The zero-order valence-corrected chi connectivity index (χ0v) is 13.2. The maximum absolute atomic E-state index is 12.2. The normalized spacial score (nSPS) is 26.6. The van der Waals surface area contributed by atoms with Gasteiger partial charge >= 0.3 is 12.1 Å². The van der Waals surface area contributed by atoms with Gasteiger partial charge in [-0.15, -0.1) is 0 Å². The Kier molecular flexibility index (Phi) is 5.63. The van der Waals surface area contributed by atoms with Gasteiger partial charge in [0.05, 0.1) is 12.2 Å². The number of aromatic nitrogens is 2. The molecule has 9 nitrogen and oxygen atoms in total. The van der Waals surface area contributed by atoms with Crippen LogP contribution in [0.25, 0.3) is 0 Å². The van der Waals surface area contributed by atoms with Crippen LogP contribution in [0.2, 0.25) is 0 Å². The molecule has 0 aliphatic carbocycles. The highest BCUT2D eigenvalue weighted by molar-refractivity contribution is 7.71. The van der Waals surface area contributed by atoms with Crippen LogP contribution >= 0.6 is 12.2 Å². The number of H-pyrrole nitrogens is 1. The highest BCUT2D eigenvalue weighted by Gasteiger charge is 2.43. The molecule has 5 N–H and O–H groups in total. The van der Waals surface area contributed by atoms with Gasteiger partial charge in [0, 0.05) is 12.7 Å². The SMILES string of the molecule is O=C(NCc1cn([C@@H]2O[C@H](CO)[C@H](O)C2O)c(=S)[nH]c1=O)C(F)(F)F. The third-order valence-corrected chi connectivity index (χ3v) is 3.84. The lowest BCUT2D eigenvalue weighted by atomic mass is 10.1. The first-order chi connectivity index (χ1) is 11.6. The standard InChI is InChI=1S/C12H14F3N3O6S/c13-12(14,15)10(23)16-1-4-2-18(11(25)17-8(4)22)9-7(21)6(20)5(3-19)24-9/h2,5-7,9,19-21H,1,3H2,(H,16,23)(H,17,22,25)/t5-,6+,7?,9-/m1/s1. The number of nitrogens with one attached hydrogen (secondary N) is 2. The van der Waals surface area contributed by atoms with E-state index in [0.717, 1.165) is 10.8 Å². The van der Waals surface area contributed by atoms with Crippen LogP contribution in [-0.4, -0.2) is 61.9 Å². The number of carbonyl (C=O) groups is 1. The van der Waals surface area contributed by atoms with Crippen molar-refractivity contribution in [1.82, 2.24) is 14.9 Å². The van der Waals surface area contributed by atoms with Crippen LogP contribution in [0.15, 0.2) is 11.0 Å². The number of aliphatic hydroxyl groups is 3. The number of ether oxygens (including phenoxy) is 1. The molecule has 1 aromatic heterocycles. The Morgan fingerprint density at radius 2 is 2.04 bits per heavy atom. The average molecular weight is 385 g/mol. The molecular formula is C12H14F3N3O6S. The third kappa shape index (κ3) is 4.07. The molecule has 1 unspecified atom stereocenters. The monoisotopic (exact) mass is 385 g/mol. The first kappa shape index (κ1) is 19.5. The summed E-state index contributed by atoms with van der Waals surface area (Å²) in [4.78, 5) is 24.8. The van der Waals surface area contributed by atoms with E-state index in [-0.39, 0.29) is 10.3 Å². The largest absolute Gasteiger partial charge is 0.471 e. The van der Waals surface area contributed by atoms with Gasteiger partial charge in [0.1, 0.15) is 18.3 Å². The smallest absolute Gasteiger partial charge is 0.394 e. The number of aromatic amines is 1. The molecule has 0 radical (unpaired) electrons. The Labute approximate surface area is 142 Å². The zero-order valence-electron chi connectivity index (χ0n) is 12.4. The van der Waals surface area contributed by atoms with Crippen LogP contribution in [-0.2, 0) is 16.1 Å². The van der Waals surface area contributed by atoms with Gasteiger partial charge in [-0.3, -0.25) is 19.1 Å². The van der Waals surface area contributed by atoms with Crippen molar-refractivity contribution in [2.75, 3.05) is 6.61 Å². The average Bonchev–Trinajstić information content (AvgIpc) is 2.81. The summed E-state index contributed by atoms with van der Waals surface area (Å²) in [6.07, 6.45) is -9.44. The van der Waals surface area contributed by atoms with Gasteiger partial charge in [-0.25, -0.2) is 0 Å². The molecule has 1 saturated heterocycles. The number of carbonyl (C=O) groups excluding carboxylic acids is 1. The molecule has 0 spiro atoms. The molecule has 1 aliphatic heterocycles. The fourth-order valence-electron chi connectivity index (χ4n) is 2.23. The molecule has 0 bridgehead atoms. The summed E-state index contributed by atoms with van der Waals surface area (Å²) in [6, 6.07) is 0. The molecule has 1 amide bonds. The van der Waals surface area contributed by atoms with Crippen LogP contribution in [0.5, 0.6) is 0 Å². The summed E-state index contributed by atoms with van der Waals surface area (Å²) in [5.74, 6) is -2.23. The van der Waals surface area contributed by atoms with Crippen LogP contribution < -0.4 is 10.9 Å². The lowest BCUT2D eigenvalue weighted by molar-refractivity contribution is -0.173. The molecule has 1 aliphatic rings. The summed E-state index contributed by atoms with van der Waals surface area (Å²) in [6.45, 7) is -1.35. The maximum atomic E-state index is 12.2. The summed E-state index contributed by atoms with van der Waals surface area (Å²) >= 11 is 4.90. The predicted molar refractivity (Wildman–Crippen MR) is 76.8 cm³/mol. The lowest BCUT2D eigenvalue weighted by Crippen LogP contribution is -2.38. The molecule has 25 heavy (non-hydrogen) atoms. The first-order valence-electron chi connectivity index (χ1n) is 6.88. The van der Waals surface area contributed by atoms with E-state index in [1.165, 1.54) is 5.32 Å². The van der Waals surface area contributed by atoms with Crippen molar-refractivity contribution in [3.8, 4) is 0 Å². The number of halogens is 3. The number of alkyl halides is 3. The number of hydrogen-bond acceptors (Lipinski definition) is 7. The Balaban J connectivity index is 2.28. The van der Waals surface area contributed by atoms with Crippen molar-refractivity contribution in [3.05, 3.63) is 26.9 Å². The van der Waals surface area contributed by atoms with E-state index < -0.39 is 55.3 Å². The van der Waals surface area contributed by atoms with Crippen molar-refractivity contribution >= 4 is 18.1 Å². The molecule has 140 valence electrons. The van der Waals surface area contributed by atoms with Gasteiger partial charge in [-0.2, -0.15) is 13.2 Å². The second kappa shape index (κ2) is 7.21.